The minimum Gasteiger partial charge on any atom is -0.494 e. The van der Waals surface area contributed by atoms with E-state index in [0.29, 0.717) is 19.8 Å². The molecule has 1 N–H and O–H groups in total. The van der Waals surface area contributed by atoms with Crippen LogP contribution in [-0.2, 0) is 9.47 Å². The highest BCUT2D eigenvalue weighted by Gasteiger charge is 2.16. The maximum absolute atomic E-state index is 5.78. The quantitative estimate of drug-likeness (QED) is 0.794. The molecule has 1 aromatic rings. The van der Waals surface area contributed by atoms with E-state index in [-0.39, 0.29) is 12.1 Å². The summed E-state index contributed by atoms with van der Waals surface area (Å²) in [6.07, 6.45) is 2.56. The lowest BCUT2D eigenvalue weighted by Crippen LogP contribution is -2.24. The molecule has 0 amide bonds. The van der Waals surface area contributed by atoms with Crippen molar-refractivity contribution in [2.24, 2.45) is 0 Å². The summed E-state index contributed by atoms with van der Waals surface area (Å²) < 4.78 is 16.8. The van der Waals surface area contributed by atoms with E-state index in [9.17, 15) is 0 Å². The largest absolute Gasteiger partial charge is 0.494 e. The van der Waals surface area contributed by atoms with Crippen molar-refractivity contribution in [3.05, 3.63) is 29.8 Å². The third-order valence-electron chi connectivity index (χ3n) is 3.55. The molecule has 0 spiro atoms. The van der Waals surface area contributed by atoms with Crippen LogP contribution in [0.5, 0.6) is 5.75 Å². The Kier molecular flexibility index (Phi) is 6.30. The van der Waals surface area contributed by atoms with Gasteiger partial charge in [0.25, 0.3) is 0 Å². The van der Waals surface area contributed by atoms with Crippen LogP contribution < -0.4 is 10.1 Å². The molecule has 2 atom stereocenters. The van der Waals surface area contributed by atoms with Crippen LogP contribution in [0.2, 0.25) is 0 Å². The van der Waals surface area contributed by atoms with Crippen LogP contribution in [0.15, 0.2) is 24.3 Å². The molecule has 0 aliphatic carbocycles. The Morgan fingerprint density at radius 2 is 2.15 bits per heavy atom. The lowest BCUT2D eigenvalue weighted by molar-refractivity contribution is 0.0105. The molecule has 0 radical (unpaired) electrons. The molecule has 2 rings (SSSR count). The Labute approximate surface area is 121 Å². The maximum atomic E-state index is 5.78. The average molecular weight is 279 g/mol. The third kappa shape index (κ3) is 4.47. The first-order chi connectivity index (χ1) is 9.83. The fourth-order valence-corrected chi connectivity index (χ4v) is 2.40. The van der Waals surface area contributed by atoms with Gasteiger partial charge in [-0.15, -0.1) is 0 Å². The summed E-state index contributed by atoms with van der Waals surface area (Å²) in [7, 11) is 1.95. The highest BCUT2D eigenvalue weighted by molar-refractivity contribution is 5.29. The van der Waals surface area contributed by atoms with E-state index in [1.807, 2.05) is 26.1 Å². The number of nitrogens with one attached hydrogen (secondary N) is 1. The minimum absolute atomic E-state index is 0.201. The van der Waals surface area contributed by atoms with Crippen LogP contribution in [0.4, 0.5) is 0 Å². The van der Waals surface area contributed by atoms with Gasteiger partial charge < -0.3 is 19.5 Å². The molecule has 1 aliphatic rings. The second kappa shape index (κ2) is 8.25. The summed E-state index contributed by atoms with van der Waals surface area (Å²) in [6.45, 7) is 4.91. The van der Waals surface area contributed by atoms with Gasteiger partial charge in [-0.05, 0) is 44.5 Å². The van der Waals surface area contributed by atoms with Crippen molar-refractivity contribution in [3.63, 3.8) is 0 Å². The summed E-state index contributed by atoms with van der Waals surface area (Å²) in [5.74, 6) is 0.909. The Bertz CT molecular complexity index is 374. The smallest absolute Gasteiger partial charge is 0.119 e. The SMILES string of the molecule is CCOc1ccc(C(COCC2CCCO2)NC)cc1. The van der Waals surface area contributed by atoms with Gasteiger partial charge in [-0.2, -0.15) is 0 Å². The Balaban J connectivity index is 1.80. The molecule has 20 heavy (non-hydrogen) atoms. The summed E-state index contributed by atoms with van der Waals surface area (Å²) in [4.78, 5) is 0. The van der Waals surface area contributed by atoms with Crippen LogP contribution in [0.3, 0.4) is 0 Å². The molecular formula is C16H25NO3. The molecule has 1 heterocycles. The first-order valence-corrected chi connectivity index (χ1v) is 7.43. The van der Waals surface area contributed by atoms with E-state index in [1.54, 1.807) is 0 Å². The molecule has 0 aromatic heterocycles. The van der Waals surface area contributed by atoms with Crippen LogP contribution in [0.1, 0.15) is 31.4 Å². The lowest BCUT2D eigenvalue weighted by Gasteiger charge is -2.18. The number of hydrogen-bond donors (Lipinski definition) is 1. The van der Waals surface area contributed by atoms with Crippen molar-refractivity contribution in [1.82, 2.24) is 5.32 Å². The van der Waals surface area contributed by atoms with E-state index < -0.39 is 0 Å². The molecule has 4 nitrogen and oxygen atoms in total. The standard InChI is InChI=1S/C16H25NO3/c1-3-19-14-8-6-13(7-9-14)16(17-2)12-18-11-15-5-4-10-20-15/h6-9,15-17H,3-5,10-12H2,1-2H3. The molecule has 0 bridgehead atoms. The molecular weight excluding hydrogens is 254 g/mol. The summed E-state index contributed by atoms with van der Waals surface area (Å²) >= 11 is 0. The molecule has 4 heteroatoms. The van der Waals surface area contributed by atoms with E-state index in [4.69, 9.17) is 14.2 Å². The predicted octanol–water partition coefficient (Wildman–Crippen LogP) is 2.54. The zero-order valence-corrected chi connectivity index (χ0v) is 12.4. The lowest BCUT2D eigenvalue weighted by atomic mass is 10.1. The maximum Gasteiger partial charge on any atom is 0.119 e. The van der Waals surface area contributed by atoms with Crippen molar-refractivity contribution < 1.29 is 14.2 Å². The second-order valence-corrected chi connectivity index (χ2v) is 5.02. The van der Waals surface area contributed by atoms with E-state index in [1.165, 1.54) is 5.56 Å². The number of hydrogen-bond acceptors (Lipinski definition) is 4. The zero-order chi connectivity index (χ0) is 14.2. The molecule has 112 valence electrons. The third-order valence-corrected chi connectivity index (χ3v) is 3.55. The fraction of sp³-hybridized carbons (Fsp3) is 0.625. The number of likely N-dealkylation sites (N-methyl/N-ethyl adjacent to an activating group) is 1. The van der Waals surface area contributed by atoms with Crippen molar-refractivity contribution >= 4 is 0 Å². The van der Waals surface area contributed by atoms with Gasteiger partial charge in [0.2, 0.25) is 0 Å². The van der Waals surface area contributed by atoms with Gasteiger partial charge in [0, 0.05) is 6.61 Å². The average Bonchev–Trinajstić information content (AvgIpc) is 2.98. The number of benzene rings is 1. The topological polar surface area (TPSA) is 39.7 Å². The zero-order valence-electron chi connectivity index (χ0n) is 12.4. The minimum atomic E-state index is 0.201. The van der Waals surface area contributed by atoms with Gasteiger partial charge in [-0.25, -0.2) is 0 Å². The Hall–Kier alpha value is -1.10. The summed E-state index contributed by atoms with van der Waals surface area (Å²) in [5.41, 5.74) is 1.21. The normalized spacial score (nSPS) is 20.0. The van der Waals surface area contributed by atoms with Gasteiger partial charge in [0.05, 0.1) is 32.0 Å². The van der Waals surface area contributed by atoms with Gasteiger partial charge in [0.15, 0.2) is 0 Å². The molecule has 2 unspecified atom stereocenters. The van der Waals surface area contributed by atoms with Gasteiger partial charge in [-0.1, -0.05) is 12.1 Å². The van der Waals surface area contributed by atoms with Crippen molar-refractivity contribution in [2.45, 2.75) is 31.9 Å². The molecule has 1 saturated heterocycles. The monoisotopic (exact) mass is 279 g/mol. The summed E-state index contributed by atoms with van der Waals surface area (Å²) in [5, 5.41) is 3.29. The molecule has 1 aromatic carbocycles. The summed E-state index contributed by atoms with van der Waals surface area (Å²) in [6, 6.07) is 8.38. The van der Waals surface area contributed by atoms with Crippen molar-refractivity contribution in [3.8, 4) is 5.75 Å². The number of ether oxygens (including phenoxy) is 3. The van der Waals surface area contributed by atoms with Crippen LogP contribution >= 0.6 is 0 Å². The van der Waals surface area contributed by atoms with Gasteiger partial charge in [-0.3, -0.25) is 0 Å². The van der Waals surface area contributed by atoms with Crippen LogP contribution in [0.25, 0.3) is 0 Å². The predicted molar refractivity (Wildman–Crippen MR) is 79.2 cm³/mol. The first-order valence-electron chi connectivity index (χ1n) is 7.43. The fourth-order valence-electron chi connectivity index (χ4n) is 2.40. The highest BCUT2D eigenvalue weighted by atomic mass is 16.5. The van der Waals surface area contributed by atoms with Gasteiger partial charge in [0.1, 0.15) is 5.75 Å². The van der Waals surface area contributed by atoms with Crippen molar-refractivity contribution in [1.29, 1.82) is 0 Å². The van der Waals surface area contributed by atoms with Crippen LogP contribution in [0, 0.1) is 0 Å². The second-order valence-electron chi connectivity index (χ2n) is 5.02. The molecule has 1 fully saturated rings. The van der Waals surface area contributed by atoms with E-state index in [0.717, 1.165) is 25.2 Å². The number of rotatable bonds is 8. The Morgan fingerprint density at radius 3 is 2.75 bits per heavy atom. The van der Waals surface area contributed by atoms with Crippen molar-refractivity contribution in [2.75, 3.05) is 33.5 Å². The molecule has 0 saturated carbocycles. The molecule has 1 aliphatic heterocycles. The Morgan fingerprint density at radius 1 is 1.35 bits per heavy atom. The highest BCUT2D eigenvalue weighted by Crippen LogP contribution is 2.19. The van der Waals surface area contributed by atoms with E-state index in [2.05, 4.69) is 17.4 Å². The first kappa shape index (κ1) is 15.3. The van der Waals surface area contributed by atoms with Crippen LogP contribution in [-0.4, -0.2) is 39.6 Å². The van der Waals surface area contributed by atoms with Gasteiger partial charge >= 0.3 is 0 Å². The van der Waals surface area contributed by atoms with E-state index >= 15 is 0 Å².